The number of nitrogens with one attached hydrogen (secondary N) is 1. The molecule has 1 saturated heterocycles. The van der Waals surface area contributed by atoms with Crippen molar-refractivity contribution in [3.05, 3.63) is 24.5 Å². The Morgan fingerprint density at radius 2 is 2.12 bits per heavy atom. The Bertz CT molecular complexity index is 497. The summed E-state index contributed by atoms with van der Waals surface area (Å²) in [5.74, 6) is 1.10. The second-order valence-corrected chi connectivity index (χ2v) is 4.27. The lowest BCUT2D eigenvalue weighted by Crippen LogP contribution is -2.43. The van der Waals surface area contributed by atoms with Crippen molar-refractivity contribution in [3.63, 3.8) is 0 Å². The van der Waals surface area contributed by atoms with Crippen LogP contribution >= 0.6 is 0 Å². The molecule has 16 heavy (non-hydrogen) atoms. The summed E-state index contributed by atoms with van der Waals surface area (Å²) < 4.78 is 2.10. The quantitative estimate of drug-likeness (QED) is 0.771. The van der Waals surface area contributed by atoms with E-state index in [9.17, 15) is 0 Å². The minimum Gasteiger partial charge on any atom is -0.354 e. The van der Waals surface area contributed by atoms with Crippen molar-refractivity contribution in [1.29, 1.82) is 0 Å². The number of aryl methyl sites for hydroxylation is 1. The third-order valence-corrected chi connectivity index (χ3v) is 3.20. The van der Waals surface area contributed by atoms with Crippen molar-refractivity contribution in [2.45, 2.75) is 0 Å². The van der Waals surface area contributed by atoms with Gasteiger partial charge in [0.2, 0.25) is 0 Å². The molecule has 0 unspecified atom stereocenters. The lowest BCUT2D eigenvalue weighted by atomic mass is 10.3. The Morgan fingerprint density at radius 1 is 1.31 bits per heavy atom. The number of pyridine rings is 1. The van der Waals surface area contributed by atoms with Crippen molar-refractivity contribution in [1.82, 2.24) is 14.9 Å². The van der Waals surface area contributed by atoms with E-state index < -0.39 is 0 Å². The van der Waals surface area contributed by atoms with Crippen molar-refractivity contribution < 1.29 is 0 Å². The van der Waals surface area contributed by atoms with Gasteiger partial charge in [-0.15, -0.1) is 0 Å². The number of fused-ring (bicyclic) bond motifs is 1. The van der Waals surface area contributed by atoms with Gasteiger partial charge in [-0.1, -0.05) is 0 Å². The summed E-state index contributed by atoms with van der Waals surface area (Å²) in [5.41, 5.74) is 1.19. The van der Waals surface area contributed by atoms with Gasteiger partial charge in [0.15, 0.2) is 0 Å². The number of rotatable bonds is 1. The van der Waals surface area contributed by atoms with Crippen LogP contribution in [-0.4, -0.2) is 35.7 Å². The van der Waals surface area contributed by atoms with Crippen LogP contribution in [0, 0.1) is 0 Å². The van der Waals surface area contributed by atoms with Crippen LogP contribution in [0.5, 0.6) is 0 Å². The molecule has 0 radical (unpaired) electrons. The fourth-order valence-corrected chi connectivity index (χ4v) is 2.22. The molecule has 0 aliphatic carbocycles. The molecule has 0 saturated carbocycles. The molecule has 0 atom stereocenters. The lowest BCUT2D eigenvalue weighted by Gasteiger charge is -2.28. The standard InChI is InChI=1S/C12H16N4/c1-15-5-2-10-8-12(14-9-11(10)15)16-6-3-13-4-7-16/h2,5,8-9,13H,3-4,6-7H2,1H3. The Morgan fingerprint density at radius 3 is 2.94 bits per heavy atom. The minimum absolute atomic E-state index is 1.05. The summed E-state index contributed by atoms with van der Waals surface area (Å²) in [6.07, 6.45) is 4.04. The largest absolute Gasteiger partial charge is 0.354 e. The van der Waals surface area contributed by atoms with E-state index in [0.717, 1.165) is 32.0 Å². The van der Waals surface area contributed by atoms with Crippen LogP contribution in [0.15, 0.2) is 24.5 Å². The first-order valence-corrected chi connectivity index (χ1v) is 5.71. The molecule has 0 bridgehead atoms. The highest BCUT2D eigenvalue weighted by atomic mass is 15.2. The van der Waals surface area contributed by atoms with Gasteiger partial charge in [0.25, 0.3) is 0 Å². The highest BCUT2D eigenvalue weighted by Gasteiger charge is 2.12. The second kappa shape index (κ2) is 3.79. The molecule has 2 aromatic heterocycles. The van der Waals surface area contributed by atoms with Crippen LogP contribution < -0.4 is 10.2 Å². The van der Waals surface area contributed by atoms with E-state index in [1.165, 1.54) is 10.9 Å². The van der Waals surface area contributed by atoms with Gasteiger partial charge < -0.3 is 14.8 Å². The van der Waals surface area contributed by atoms with Gasteiger partial charge in [0, 0.05) is 44.8 Å². The van der Waals surface area contributed by atoms with Crippen molar-refractivity contribution in [3.8, 4) is 0 Å². The van der Waals surface area contributed by atoms with E-state index in [2.05, 4.69) is 45.1 Å². The summed E-state index contributed by atoms with van der Waals surface area (Å²) in [6.45, 7) is 4.19. The average molecular weight is 216 g/mol. The minimum atomic E-state index is 1.05. The van der Waals surface area contributed by atoms with Crippen molar-refractivity contribution in [2.24, 2.45) is 7.05 Å². The smallest absolute Gasteiger partial charge is 0.129 e. The van der Waals surface area contributed by atoms with Gasteiger partial charge in [0.1, 0.15) is 5.82 Å². The van der Waals surface area contributed by atoms with Crippen LogP contribution in [0.1, 0.15) is 0 Å². The summed E-state index contributed by atoms with van der Waals surface area (Å²) in [6, 6.07) is 4.32. The normalized spacial score (nSPS) is 16.9. The number of hydrogen-bond acceptors (Lipinski definition) is 3. The highest BCUT2D eigenvalue weighted by Crippen LogP contribution is 2.19. The molecule has 1 aliphatic heterocycles. The first-order chi connectivity index (χ1) is 7.84. The van der Waals surface area contributed by atoms with Gasteiger partial charge in [-0.05, 0) is 12.1 Å². The van der Waals surface area contributed by atoms with E-state index in [0.29, 0.717) is 0 Å². The van der Waals surface area contributed by atoms with E-state index >= 15 is 0 Å². The number of piperazine rings is 1. The Balaban J connectivity index is 1.97. The Kier molecular flexibility index (Phi) is 2.29. The molecule has 3 rings (SSSR count). The maximum atomic E-state index is 4.54. The third kappa shape index (κ3) is 1.55. The van der Waals surface area contributed by atoms with Crippen LogP contribution in [-0.2, 0) is 7.05 Å². The zero-order valence-corrected chi connectivity index (χ0v) is 9.48. The fourth-order valence-electron chi connectivity index (χ4n) is 2.22. The first kappa shape index (κ1) is 9.66. The van der Waals surface area contributed by atoms with Crippen LogP contribution in [0.2, 0.25) is 0 Å². The van der Waals surface area contributed by atoms with Crippen molar-refractivity contribution in [2.75, 3.05) is 31.1 Å². The summed E-state index contributed by atoms with van der Waals surface area (Å²) in [7, 11) is 2.05. The first-order valence-electron chi connectivity index (χ1n) is 5.71. The van der Waals surface area contributed by atoms with Gasteiger partial charge in [-0.2, -0.15) is 0 Å². The predicted octanol–water partition coefficient (Wildman–Crippen LogP) is 0.983. The molecule has 4 heteroatoms. The molecule has 0 aromatic carbocycles. The Labute approximate surface area is 94.9 Å². The topological polar surface area (TPSA) is 33.1 Å². The Hall–Kier alpha value is -1.55. The van der Waals surface area contributed by atoms with Gasteiger partial charge in [0.05, 0.1) is 11.7 Å². The highest BCUT2D eigenvalue weighted by molar-refractivity contribution is 5.81. The van der Waals surface area contributed by atoms with Crippen LogP contribution in [0.25, 0.3) is 10.9 Å². The third-order valence-electron chi connectivity index (χ3n) is 3.20. The van der Waals surface area contributed by atoms with E-state index in [1.807, 2.05) is 6.20 Å². The maximum Gasteiger partial charge on any atom is 0.129 e. The summed E-state index contributed by atoms with van der Waals surface area (Å²) in [4.78, 5) is 6.88. The average Bonchev–Trinajstić information content (AvgIpc) is 2.72. The monoisotopic (exact) mass is 216 g/mol. The lowest BCUT2D eigenvalue weighted by molar-refractivity contribution is 0.585. The molecule has 1 N–H and O–H groups in total. The zero-order valence-electron chi connectivity index (χ0n) is 9.48. The van der Waals surface area contributed by atoms with Crippen LogP contribution in [0.4, 0.5) is 5.82 Å². The van der Waals surface area contributed by atoms with E-state index in [1.54, 1.807) is 0 Å². The number of nitrogens with zero attached hydrogens (tertiary/aromatic N) is 3. The van der Waals surface area contributed by atoms with Gasteiger partial charge >= 0.3 is 0 Å². The summed E-state index contributed by atoms with van der Waals surface area (Å²) >= 11 is 0. The molecule has 2 aromatic rings. The van der Waals surface area contributed by atoms with Gasteiger partial charge in [-0.25, -0.2) is 4.98 Å². The number of anilines is 1. The van der Waals surface area contributed by atoms with Gasteiger partial charge in [-0.3, -0.25) is 0 Å². The molecule has 0 amide bonds. The summed E-state index contributed by atoms with van der Waals surface area (Å²) in [5, 5.41) is 4.62. The van der Waals surface area contributed by atoms with Crippen LogP contribution in [0.3, 0.4) is 0 Å². The maximum absolute atomic E-state index is 4.54. The molecule has 1 aliphatic rings. The molecule has 84 valence electrons. The number of hydrogen-bond donors (Lipinski definition) is 1. The fraction of sp³-hybridized carbons (Fsp3) is 0.417. The molecule has 0 spiro atoms. The van der Waals surface area contributed by atoms with E-state index in [4.69, 9.17) is 0 Å². The molecule has 1 fully saturated rings. The molecule has 3 heterocycles. The molecular weight excluding hydrogens is 200 g/mol. The van der Waals surface area contributed by atoms with E-state index in [-0.39, 0.29) is 0 Å². The second-order valence-electron chi connectivity index (χ2n) is 4.27. The number of aromatic nitrogens is 2. The van der Waals surface area contributed by atoms with Crippen molar-refractivity contribution >= 4 is 16.7 Å². The zero-order chi connectivity index (χ0) is 11.0. The SMILES string of the molecule is Cn1ccc2cc(N3CCNCC3)ncc21. The molecule has 4 nitrogen and oxygen atoms in total. The predicted molar refractivity (Wildman–Crippen MR) is 65.8 cm³/mol. The molecular formula is C12H16N4.